The number of carbonyl (C=O) groups is 1. The van der Waals surface area contributed by atoms with E-state index in [9.17, 15) is 9.18 Å². The Balaban J connectivity index is 1.49. The van der Waals surface area contributed by atoms with Gasteiger partial charge in [-0.25, -0.2) is 4.39 Å². The van der Waals surface area contributed by atoms with E-state index in [1.165, 1.54) is 25.3 Å². The number of piperidine rings is 1. The smallest absolute Gasteiger partial charge is 0.227 e. The molecule has 4 aliphatic rings. The molecule has 1 amide bonds. The van der Waals surface area contributed by atoms with E-state index in [1.807, 2.05) is 0 Å². The number of fused-ring (bicyclic) bond motifs is 4. The maximum absolute atomic E-state index is 14.1. The zero-order valence-corrected chi connectivity index (χ0v) is 14.6. The summed E-state index contributed by atoms with van der Waals surface area (Å²) in [6.45, 7) is 3.05. The molecule has 0 spiro atoms. The Labute approximate surface area is 147 Å². The number of rotatable bonds is 4. The minimum absolute atomic E-state index is 0.0751. The molecule has 5 heteroatoms. The SMILES string of the molecule is O=C1[C@@H]2CC[C@@H](CN(Cc3cc(Cl)ccc3F)C2)N1CC1CCC1. The highest BCUT2D eigenvalue weighted by molar-refractivity contribution is 6.30. The average molecular weight is 351 g/mol. The average Bonchev–Trinajstić information content (AvgIpc) is 2.78. The van der Waals surface area contributed by atoms with Gasteiger partial charge in [-0.2, -0.15) is 0 Å². The Hall–Kier alpha value is -1.13. The van der Waals surface area contributed by atoms with Gasteiger partial charge in [0.05, 0.1) is 5.92 Å². The number of nitrogens with zero attached hydrogens (tertiary/aromatic N) is 2. The van der Waals surface area contributed by atoms with E-state index in [4.69, 9.17) is 11.6 Å². The molecule has 2 bridgehead atoms. The monoisotopic (exact) mass is 350 g/mol. The third-order valence-electron chi connectivity index (χ3n) is 5.95. The predicted octanol–water partition coefficient (Wildman–Crippen LogP) is 3.70. The van der Waals surface area contributed by atoms with Crippen LogP contribution in [0.25, 0.3) is 0 Å². The Kier molecular flexibility index (Phi) is 4.52. The van der Waals surface area contributed by atoms with E-state index in [1.54, 1.807) is 12.1 Å². The van der Waals surface area contributed by atoms with Crippen molar-refractivity contribution in [2.75, 3.05) is 19.6 Å². The van der Waals surface area contributed by atoms with Gasteiger partial charge >= 0.3 is 0 Å². The van der Waals surface area contributed by atoms with Crippen molar-refractivity contribution in [1.29, 1.82) is 0 Å². The van der Waals surface area contributed by atoms with Crippen molar-refractivity contribution in [3.05, 3.63) is 34.6 Å². The lowest BCUT2D eigenvalue weighted by atomic mass is 9.83. The van der Waals surface area contributed by atoms with Crippen LogP contribution in [0.3, 0.4) is 0 Å². The Morgan fingerprint density at radius 3 is 2.75 bits per heavy atom. The van der Waals surface area contributed by atoms with Gasteiger partial charge in [-0.1, -0.05) is 18.0 Å². The second-order valence-corrected chi connectivity index (χ2v) is 8.08. The van der Waals surface area contributed by atoms with Gasteiger partial charge in [0, 0.05) is 42.8 Å². The Bertz CT molecular complexity index is 634. The molecule has 0 radical (unpaired) electrons. The van der Waals surface area contributed by atoms with Crippen LogP contribution in [0.4, 0.5) is 4.39 Å². The molecular formula is C19H24ClFN2O. The quantitative estimate of drug-likeness (QED) is 0.826. The van der Waals surface area contributed by atoms with Crippen LogP contribution >= 0.6 is 11.6 Å². The molecule has 130 valence electrons. The van der Waals surface area contributed by atoms with Gasteiger partial charge in [0.1, 0.15) is 5.82 Å². The number of hydrogen-bond acceptors (Lipinski definition) is 2. The molecule has 1 saturated carbocycles. The summed E-state index contributed by atoms with van der Waals surface area (Å²) >= 11 is 6.01. The summed E-state index contributed by atoms with van der Waals surface area (Å²) in [4.78, 5) is 17.2. The minimum Gasteiger partial charge on any atom is -0.338 e. The number of carbonyl (C=O) groups excluding carboxylic acids is 1. The highest BCUT2D eigenvalue weighted by atomic mass is 35.5. The zero-order valence-electron chi connectivity index (χ0n) is 13.9. The fourth-order valence-electron chi connectivity index (χ4n) is 4.36. The van der Waals surface area contributed by atoms with Crippen LogP contribution in [0, 0.1) is 17.7 Å². The van der Waals surface area contributed by atoms with E-state index >= 15 is 0 Å². The first-order chi connectivity index (χ1) is 11.6. The van der Waals surface area contributed by atoms with E-state index in [-0.39, 0.29) is 11.7 Å². The fourth-order valence-corrected chi connectivity index (χ4v) is 4.55. The largest absolute Gasteiger partial charge is 0.338 e. The first kappa shape index (κ1) is 16.3. The molecule has 0 aromatic heterocycles. The van der Waals surface area contributed by atoms with Crippen molar-refractivity contribution in [1.82, 2.24) is 9.80 Å². The lowest BCUT2D eigenvalue weighted by Crippen LogP contribution is -2.50. The number of amides is 1. The summed E-state index contributed by atoms with van der Waals surface area (Å²) in [7, 11) is 0. The van der Waals surface area contributed by atoms with E-state index in [0.717, 1.165) is 32.5 Å². The third-order valence-corrected chi connectivity index (χ3v) is 6.19. The van der Waals surface area contributed by atoms with Gasteiger partial charge in [0.2, 0.25) is 5.91 Å². The maximum atomic E-state index is 14.1. The van der Waals surface area contributed by atoms with Crippen molar-refractivity contribution in [2.45, 2.75) is 44.7 Å². The van der Waals surface area contributed by atoms with Gasteiger partial charge in [-0.3, -0.25) is 9.69 Å². The van der Waals surface area contributed by atoms with Crippen LogP contribution < -0.4 is 0 Å². The van der Waals surface area contributed by atoms with Crippen molar-refractivity contribution in [2.24, 2.45) is 11.8 Å². The molecule has 5 rings (SSSR count). The van der Waals surface area contributed by atoms with Crippen LogP contribution in [-0.2, 0) is 11.3 Å². The van der Waals surface area contributed by atoms with Gasteiger partial charge in [0.25, 0.3) is 0 Å². The molecule has 3 aliphatic heterocycles. The van der Waals surface area contributed by atoms with Gasteiger partial charge < -0.3 is 4.90 Å². The van der Waals surface area contributed by atoms with Crippen molar-refractivity contribution in [3.63, 3.8) is 0 Å². The normalized spacial score (nSPS) is 28.1. The third kappa shape index (κ3) is 3.18. The highest BCUT2D eigenvalue weighted by Crippen LogP contribution is 2.34. The first-order valence-electron chi connectivity index (χ1n) is 9.07. The molecular weight excluding hydrogens is 327 g/mol. The molecule has 2 atom stereocenters. The Morgan fingerprint density at radius 2 is 2.00 bits per heavy atom. The molecule has 3 saturated heterocycles. The predicted molar refractivity (Wildman–Crippen MR) is 92.3 cm³/mol. The Morgan fingerprint density at radius 1 is 1.17 bits per heavy atom. The molecule has 24 heavy (non-hydrogen) atoms. The lowest BCUT2D eigenvalue weighted by molar-refractivity contribution is -0.141. The van der Waals surface area contributed by atoms with Gasteiger partial charge in [-0.05, 0) is 49.8 Å². The van der Waals surface area contributed by atoms with Crippen LogP contribution in [0.5, 0.6) is 0 Å². The standard InChI is InChI=1S/C19H24ClFN2O/c20-16-5-7-18(21)15(8-16)11-22-10-14-4-6-17(12-22)23(19(14)24)9-13-2-1-3-13/h5,7-8,13-14,17H,1-4,6,9-12H2/t14-,17+/m1/s1. The summed E-state index contributed by atoms with van der Waals surface area (Å²) in [6, 6.07) is 5.01. The highest BCUT2D eigenvalue weighted by Gasteiger charge is 2.41. The first-order valence-corrected chi connectivity index (χ1v) is 9.44. The van der Waals surface area contributed by atoms with Crippen LogP contribution in [0.1, 0.15) is 37.7 Å². The van der Waals surface area contributed by atoms with E-state index in [0.29, 0.717) is 35.0 Å². The van der Waals surface area contributed by atoms with Crippen LogP contribution in [0.15, 0.2) is 18.2 Å². The van der Waals surface area contributed by atoms with Crippen LogP contribution in [0.2, 0.25) is 5.02 Å². The summed E-state index contributed by atoms with van der Waals surface area (Å²) in [6.07, 6.45) is 5.88. The van der Waals surface area contributed by atoms with Gasteiger partial charge in [0.15, 0.2) is 0 Å². The molecule has 4 fully saturated rings. The molecule has 1 aliphatic carbocycles. The van der Waals surface area contributed by atoms with Crippen molar-refractivity contribution < 1.29 is 9.18 Å². The number of benzene rings is 1. The van der Waals surface area contributed by atoms with Crippen LogP contribution in [-0.4, -0.2) is 41.4 Å². The maximum Gasteiger partial charge on any atom is 0.227 e. The summed E-state index contributed by atoms with van der Waals surface area (Å²) < 4.78 is 14.1. The second kappa shape index (κ2) is 6.64. The zero-order chi connectivity index (χ0) is 16.7. The topological polar surface area (TPSA) is 23.6 Å². The molecule has 1 aromatic carbocycles. The molecule has 3 heterocycles. The molecule has 0 unspecified atom stereocenters. The minimum atomic E-state index is -0.214. The number of hydrogen-bond donors (Lipinski definition) is 0. The number of halogens is 2. The van der Waals surface area contributed by atoms with Crippen molar-refractivity contribution in [3.8, 4) is 0 Å². The molecule has 1 aromatic rings. The second-order valence-electron chi connectivity index (χ2n) is 7.65. The van der Waals surface area contributed by atoms with Crippen molar-refractivity contribution >= 4 is 17.5 Å². The molecule has 3 nitrogen and oxygen atoms in total. The van der Waals surface area contributed by atoms with Gasteiger partial charge in [-0.15, -0.1) is 0 Å². The summed E-state index contributed by atoms with van der Waals surface area (Å²) in [5.74, 6) is 0.888. The molecule has 0 N–H and O–H groups in total. The lowest BCUT2D eigenvalue weighted by Gasteiger charge is -2.40. The fraction of sp³-hybridized carbons (Fsp3) is 0.632. The summed E-state index contributed by atoms with van der Waals surface area (Å²) in [5.41, 5.74) is 0.627. The van der Waals surface area contributed by atoms with E-state index in [2.05, 4.69) is 9.80 Å². The van der Waals surface area contributed by atoms with E-state index < -0.39 is 0 Å². The summed E-state index contributed by atoms with van der Waals surface area (Å²) in [5, 5.41) is 0.562.